The first kappa shape index (κ1) is 25.4. The van der Waals surface area contributed by atoms with Crippen LogP contribution in [0.15, 0.2) is 41.2 Å². The lowest BCUT2D eigenvalue weighted by molar-refractivity contribution is -0.172. The second-order valence-electron chi connectivity index (χ2n) is 11.0. The summed E-state index contributed by atoms with van der Waals surface area (Å²) in [6.45, 7) is 3.33. The lowest BCUT2D eigenvalue weighted by atomic mass is 9.81. The number of halogens is 1. The molecule has 2 aromatic carbocycles. The number of pyridine rings is 2. The van der Waals surface area contributed by atoms with E-state index < -0.39 is 17.6 Å². The first-order valence-electron chi connectivity index (χ1n) is 13.6. The maximum Gasteiger partial charge on any atom is 0.343 e. The molecule has 0 spiro atoms. The zero-order chi connectivity index (χ0) is 28.8. The fraction of sp³-hybridized carbons (Fsp3) is 0.290. The van der Waals surface area contributed by atoms with Gasteiger partial charge in [0.15, 0.2) is 5.60 Å². The molecule has 0 saturated carbocycles. The largest absolute Gasteiger partial charge is 0.458 e. The number of cyclic esters (lactones) is 1. The van der Waals surface area contributed by atoms with Gasteiger partial charge >= 0.3 is 5.97 Å². The number of rotatable bonds is 3. The van der Waals surface area contributed by atoms with Crippen LogP contribution in [0.25, 0.3) is 22.3 Å². The number of ether oxygens (including phenoxy) is 1. The van der Waals surface area contributed by atoms with Crippen molar-refractivity contribution in [2.45, 2.75) is 57.9 Å². The molecule has 208 valence electrons. The van der Waals surface area contributed by atoms with E-state index in [1.807, 2.05) is 0 Å². The summed E-state index contributed by atoms with van der Waals surface area (Å²) in [5.41, 5.74) is 9.14. The maximum atomic E-state index is 15.1. The van der Waals surface area contributed by atoms with Crippen LogP contribution in [0.3, 0.4) is 0 Å². The molecule has 1 unspecified atom stereocenters. The third-order valence-corrected chi connectivity index (χ3v) is 8.86. The molecule has 41 heavy (non-hydrogen) atoms. The van der Waals surface area contributed by atoms with Gasteiger partial charge in [0.25, 0.3) is 11.5 Å². The van der Waals surface area contributed by atoms with E-state index in [-0.39, 0.29) is 48.0 Å². The number of esters is 1. The van der Waals surface area contributed by atoms with Crippen LogP contribution in [-0.4, -0.2) is 26.5 Å². The summed E-state index contributed by atoms with van der Waals surface area (Å²) in [5.74, 6) is -1.45. The van der Waals surface area contributed by atoms with E-state index >= 15 is 4.39 Å². The van der Waals surface area contributed by atoms with E-state index in [4.69, 9.17) is 15.5 Å². The van der Waals surface area contributed by atoms with Crippen molar-refractivity contribution in [1.29, 1.82) is 0 Å². The fourth-order valence-corrected chi connectivity index (χ4v) is 6.58. The van der Waals surface area contributed by atoms with E-state index in [1.54, 1.807) is 48.7 Å². The molecule has 3 aliphatic rings. The van der Waals surface area contributed by atoms with Crippen molar-refractivity contribution < 1.29 is 23.8 Å². The SMILES string of the molecule is CC[C@@]1(O)C(=O)OCc2c1cc1n(c2=O)Cc2c-1nc1cc(F)c(C)c3c1c2C(NC(=O)c1ccc(N)cc1)CC3. The molecule has 10 heteroatoms. The summed E-state index contributed by atoms with van der Waals surface area (Å²) < 4.78 is 21.8. The number of anilines is 1. The minimum Gasteiger partial charge on any atom is -0.458 e. The Morgan fingerprint density at radius 1 is 1.22 bits per heavy atom. The van der Waals surface area contributed by atoms with E-state index in [1.165, 1.54) is 6.07 Å². The summed E-state index contributed by atoms with van der Waals surface area (Å²) in [5, 5.41) is 15.1. The van der Waals surface area contributed by atoms with Crippen molar-refractivity contribution in [2.24, 2.45) is 0 Å². The number of hydrogen-bond donors (Lipinski definition) is 3. The molecule has 7 rings (SSSR count). The van der Waals surface area contributed by atoms with Gasteiger partial charge in [0.05, 0.1) is 35.1 Å². The van der Waals surface area contributed by atoms with Crippen LogP contribution in [0.2, 0.25) is 0 Å². The third-order valence-electron chi connectivity index (χ3n) is 8.86. The number of carbonyl (C=O) groups excluding carboxylic acids is 2. The van der Waals surface area contributed by atoms with Gasteiger partial charge in [-0.05, 0) is 73.2 Å². The normalized spacial score (nSPS) is 20.3. The molecule has 4 aromatic rings. The first-order chi connectivity index (χ1) is 19.6. The van der Waals surface area contributed by atoms with E-state index in [9.17, 15) is 19.5 Å². The van der Waals surface area contributed by atoms with Crippen molar-refractivity contribution in [3.8, 4) is 11.4 Å². The van der Waals surface area contributed by atoms with Gasteiger partial charge < -0.3 is 25.5 Å². The van der Waals surface area contributed by atoms with Crippen LogP contribution in [0.5, 0.6) is 0 Å². The van der Waals surface area contributed by atoms with Crippen LogP contribution in [0.4, 0.5) is 10.1 Å². The van der Waals surface area contributed by atoms with Crippen LogP contribution < -0.4 is 16.6 Å². The molecule has 0 fully saturated rings. The number of aryl methyl sites for hydroxylation is 1. The average molecular weight is 555 g/mol. The number of nitrogens with two attached hydrogens (primary N) is 1. The maximum absolute atomic E-state index is 15.1. The number of nitrogens with zero attached hydrogens (tertiary/aromatic N) is 2. The number of aliphatic hydroxyl groups is 1. The second-order valence-corrected chi connectivity index (χ2v) is 11.0. The van der Waals surface area contributed by atoms with Crippen molar-refractivity contribution >= 4 is 28.5 Å². The van der Waals surface area contributed by atoms with E-state index in [0.717, 1.165) is 22.1 Å². The predicted octanol–water partition coefficient (Wildman–Crippen LogP) is 3.53. The van der Waals surface area contributed by atoms with Gasteiger partial charge in [0.1, 0.15) is 12.4 Å². The number of benzene rings is 2. The van der Waals surface area contributed by atoms with Crippen LogP contribution >= 0.6 is 0 Å². The van der Waals surface area contributed by atoms with Crippen LogP contribution in [-0.2, 0) is 34.7 Å². The van der Waals surface area contributed by atoms with Gasteiger partial charge in [0, 0.05) is 33.8 Å². The number of fused-ring (bicyclic) bond motifs is 5. The molecular formula is C31H27FN4O5. The standard InChI is InChI=1S/C31H27FN4O5/c1-3-31(40)20-10-24-27-18(12-36(24)29(38)19(20)13-41-30(31)39)26-22(35-28(37)15-4-6-16(33)7-5-15)9-8-17-14(2)21(32)11-23(34-27)25(17)26/h4-7,10-11,22,40H,3,8-9,12-13,33H2,1-2H3,(H,35,37)/t22?,31-/m0/s1. The van der Waals surface area contributed by atoms with Crippen LogP contribution in [0, 0.1) is 12.7 Å². The lowest BCUT2D eigenvalue weighted by Gasteiger charge is -2.31. The Bertz CT molecular complexity index is 1900. The Morgan fingerprint density at radius 3 is 2.71 bits per heavy atom. The summed E-state index contributed by atoms with van der Waals surface area (Å²) in [6.07, 6.45) is 1.10. The minimum atomic E-state index is -1.96. The van der Waals surface area contributed by atoms with Gasteiger partial charge in [-0.15, -0.1) is 0 Å². The number of nitrogens with one attached hydrogen (secondary N) is 1. The Labute approximate surface area is 233 Å². The highest BCUT2D eigenvalue weighted by Crippen LogP contribution is 2.46. The van der Waals surface area contributed by atoms with E-state index in [2.05, 4.69) is 5.32 Å². The number of amides is 1. The number of hydrogen-bond acceptors (Lipinski definition) is 7. The molecule has 1 amide bonds. The predicted molar refractivity (Wildman–Crippen MR) is 149 cm³/mol. The summed E-state index contributed by atoms with van der Waals surface area (Å²) in [7, 11) is 0. The number of nitrogen functional groups attached to an aromatic ring is 1. The summed E-state index contributed by atoms with van der Waals surface area (Å²) >= 11 is 0. The Balaban J connectivity index is 1.45. The molecule has 0 saturated heterocycles. The topological polar surface area (TPSA) is 137 Å². The van der Waals surface area contributed by atoms with Gasteiger partial charge in [-0.3, -0.25) is 9.59 Å². The van der Waals surface area contributed by atoms with Crippen molar-refractivity contribution in [3.05, 3.63) is 91.5 Å². The molecule has 4 heterocycles. The Hall–Kier alpha value is -4.57. The molecule has 2 atom stereocenters. The minimum absolute atomic E-state index is 0.0259. The molecular weight excluding hydrogens is 527 g/mol. The van der Waals surface area contributed by atoms with Crippen molar-refractivity contribution in [2.75, 3.05) is 5.73 Å². The molecule has 0 radical (unpaired) electrons. The van der Waals surface area contributed by atoms with E-state index in [0.29, 0.717) is 46.6 Å². The molecule has 2 aliphatic heterocycles. The fourth-order valence-electron chi connectivity index (χ4n) is 6.58. The van der Waals surface area contributed by atoms with Crippen LogP contribution in [0.1, 0.15) is 69.5 Å². The molecule has 1 aliphatic carbocycles. The first-order valence-corrected chi connectivity index (χ1v) is 13.6. The highest BCUT2D eigenvalue weighted by molar-refractivity contribution is 5.97. The summed E-state index contributed by atoms with van der Waals surface area (Å²) in [6, 6.07) is 9.24. The smallest absolute Gasteiger partial charge is 0.343 e. The highest BCUT2D eigenvalue weighted by atomic mass is 19.1. The quantitative estimate of drug-likeness (QED) is 0.229. The zero-order valence-electron chi connectivity index (χ0n) is 22.5. The second kappa shape index (κ2) is 8.71. The van der Waals surface area contributed by atoms with Gasteiger partial charge in [-0.25, -0.2) is 14.2 Å². The summed E-state index contributed by atoms with van der Waals surface area (Å²) in [4.78, 5) is 44.4. The molecule has 2 aromatic heterocycles. The Kier molecular flexibility index (Phi) is 5.40. The lowest BCUT2D eigenvalue weighted by Crippen LogP contribution is -2.44. The molecule has 0 bridgehead atoms. The Morgan fingerprint density at radius 2 is 1.98 bits per heavy atom. The van der Waals surface area contributed by atoms with Gasteiger partial charge in [-0.2, -0.15) is 0 Å². The molecule has 9 nitrogen and oxygen atoms in total. The monoisotopic (exact) mass is 554 g/mol. The van der Waals surface area contributed by atoms with Crippen molar-refractivity contribution in [3.63, 3.8) is 0 Å². The number of carbonyl (C=O) groups is 2. The van der Waals surface area contributed by atoms with Gasteiger partial charge in [-0.1, -0.05) is 6.92 Å². The molecule has 4 N–H and O–H groups in total. The zero-order valence-corrected chi connectivity index (χ0v) is 22.5. The third kappa shape index (κ3) is 3.50. The van der Waals surface area contributed by atoms with Crippen molar-refractivity contribution in [1.82, 2.24) is 14.9 Å². The van der Waals surface area contributed by atoms with Gasteiger partial charge in [0.2, 0.25) is 0 Å². The average Bonchev–Trinajstić information content (AvgIpc) is 3.33. The highest BCUT2D eigenvalue weighted by Gasteiger charge is 2.46. The number of aromatic nitrogens is 2.